The molecular formula is C16H13F2N3. The fourth-order valence-electron chi connectivity index (χ4n) is 2.17. The summed E-state index contributed by atoms with van der Waals surface area (Å²) in [5.74, 6) is -1.01. The van der Waals surface area contributed by atoms with Crippen LogP contribution in [0.25, 0.3) is 10.9 Å². The van der Waals surface area contributed by atoms with Crippen LogP contribution < -0.4 is 11.1 Å². The molecule has 5 heteroatoms. The zero-order chi connectivity index (χ0) is 15.0. The molecule has 106 valence electrons. The number of nitrogens with two attached hydrogens (primary N) is 1. The van der Waals surface area contributed by atoms with Crippen LogP contribution >= 0.6 is 0 Å². The molecule has 1 aromatic heterocycles. The van der Waals surface area contributed by atoms with Gasteiger partial charge in [-0.15, -0.1) is 0 Å². The number of aryl methyl sites for hydroxylation is 1. The molecule has 3 nitrogen and oxygen atoms in total. The molecule has 0 unspecified atom stereocenters. The zero-order valence-electron chi connectivity index (χ0n) is 11.3. The number of nitrogens with zero attached hydrogens (tertiary/aromatic N) is 1. The Bertz CT molecular complexity index is 831. The Labute approximate surface area is 120 Å². The molecular weight excluding hydrogens is 272 g/mol. The number of aromatic nitrogens is 1. The molecule has 0 saturated heterocycles. The van der Waals surface area contributed by atoms with Gasteiger partial charge in [0.1, 0.15) is 11.6 Å². The van der Waals surface area contributed by atoms with Crippen molar-refractivity contribution in [1.82, 2.24) is 4.98 Å². The average Bonchev–Trinajstić information content (AvgIpc) is 2.47. The lowest BCUT2D eigenvalue weighted by molar-refractivity contribution is 0.596. The predicted molar refractivity (Wildman–Crippen MR) is 80.5 cm³/mol. The first-order valence-corrected chi connectivity index (χ1v) is 6.42. The summed E-state index contributed by atoms with van der Waals surface area (Å²) in [5, 5.41) is 3.62. The highest BCUT2D eigenvalue weighted by molar-refractivity contribution is 5.98. The molecule has 0 spiro atoms. The maximum absolute atomic E-state index is 14.0. The zero-order valence-corrected chi connectivity index (χ0v) is 11.3. The van der Waals surface area contributed by atoms with E-state index in [-0.39, 0.29) is 11.3 Å². The minimum atomic E-state index is -0.533. The lowest BCUT2D eigenvalue weighted by atomic mass is 10.1. The Balaban J connectivity index is 2.14. The highest BCUT2D eigenvalue weighted by atomic mass is 19.1. The second kappa shape index (κ2) is 5.01. The van der Waals surface area contributed by atoms with Crippen molar-refractivity contribution in [3.63, 3.8) is 0 Å². The summed E-state index contributed by atoms with van der Waals surface area (Å²) in [6.45, 7) is 1.51. The molecule has 0 bridgehead atoms. The maximum atomic E-state index is 14.0. The van der Waals surface area contributed by atoms with Crippen molar-refractivity contribution in [2.45, 2.75) is 6.92 Å². The van der Waals surface area contributed by atoms with Crippen LogP contribution in [0.4, 0.5) is 25.8 Å². The van der Waals surface area contributed by atoms with Crippen molar-refractivity contribution < 1.29 is 8.78 Å². The van der Waals surface area contributed by atoms with E-state index in [9.17, 15) is 8.78 Å². The minimum Gasteiger partial charge on any atom is -0.396 e. The van der Waals surface area contributed by atoms with Crippen molar-refractivity contribution >= 4 is 28.0 Å². The van der Waals surface area contributed by atoms with Crippen LogP contribution in [0.2, 0.25) is 0 Å². The Kier molecular flexibility index (Phi) is 3.17. The molecule has 21 heavy (non-hydrogen) atoms. The van der Waals surface area contributed by atoms with E-state index in [1.165, 1.54) is 13.1 Å². The first-order valence-electron chi connectivity index (χ1n) is 6.42. The van der Waals surface area contributed by atoms with Gasteiger partial charge in [0.2, 0.25) is 0 Å². The standard InChI is InChI=1S/C16H13F2N3/c1-9-6-12(18)15(7-11(9)17)21-16-10-4-2-3-5-14(10)20-8-13(16)19/h2-8H,19H2,1H3,(H,20,21). The molecule has 2 aromatic carbocycles. The summed E-state index contributed by atoms with van der Waals surface area (Å²) in [6, 6.07) is 9.61. The van der Waals surface area contributed by atoms with E-state index in [0.29, 0.717) is 11.4 Å². The number of halogens is 2. The van der Waals surface area contributed by atoms with Gasteiger partial charge in [0.15, 0.2) is 0 Å². The van der Waals surface area contributed by atoms with Gasteiger partial charge in [0, 0.05) is 11.5 Å². The molecule has 0 amide bonds. The number of hydrogen-bond donors (Lipinski definition) is 2. The molecule has 3 aromatic rings. The van der Waals surface area contributed by atoms with E-state index >= 15 is 0 Å². The van der Waals surface area contributed by atoms with Crippen LogP contribution in [0, 0.1) is 18.6 Å². The van der Waals surface area contributed by atoms with Crippen molar-refractivity contribution in [3.8, 4) is 0 Å². The van der Waals surface area contributed by atoms with E-state index in [0.717, 1.165) is 23.0 Å². The third-order valence-electron chi connectivity index (χ3n) is 3.31. The SMILES string of the molecule is Cc1cc(F)c(Nc2c(N)cnc3ccccc23)cc1F. The van der Waals surface area contributed by atoms with Gasteiger partial charge in [0.05, 0.1) is 28.8 Å². The molecule has 3 rings (SSSR count). The summed E-state index contributed by atoms with van der Waals surface area (Å²) in [5.41, 5.74) is 7.82. The van der Waals surface area contributed by atoms with Crippen LogP contribution in [-0.2, 0) is 0 Å². The van der Waals surface area contributed by atoms with Gasteiger partial charge in [-0.2, -0.15) is 0 Å². The lowest BCUT2D eigenvalue weighted by Gasteiger charge is -2.13. The molecule has 0 aliphatic heterocycles. The summed E-state index contributed by atoms with van der Waals surface area (Å²) in [4.78, 5) is 4.20. The normalized spacial score (nSPS) is 10.8. The Morgan fingerprint density at radius 3 is 2.67 bits per heavy atom. The van der Waals surface area contributed by atoms with E-state index in [4.69, 9.17) is 5.73 Å². The molecule has 0 radical (unpaired) electrons. The van der Waals surface area contributed by atoms with Gasteiger partial charge in [-0.25, -0.2) is 8.78 Å². The fourth-order valence-corrected chi connectivity index (χ4v) is 2.17. The Morgan fingerprint density at radius 2 is 1.86 bits per heavy atom. The van der Waals surface area contributed by atoms with Crippen LogP contribution in [0.5, 0.6) is 0 Å². The first-order chi connectivity index (χ1) is 10.1. The Hall–Kier alpha value is -2.69. The second-order valence-corrected chi connectivity index (χ2v) is 4.81. The molecule has 0 aliphatic rings. The van der Waals surface area contributed by atoms with Gasteiger partial charge in [-0.1, -0.05) is 18.2 Å². The fraction of sp³-hybridized carbons (Fsp3) is 0.0625. The number of hydrogen-bond acceptors (Lipinski definition) is 3. The molecule has 0 saturated carbocycles. The third-order valence-corrected chi connectivity index (χ3v) is 3.31. The number of anilines is 3. The number of nitrogen functional groups attached to an aromatic ring is 1. The monoisotopic (exact) mass is 285 g/mol. The summed E-state index contributed by atoms with van der Waals surface area (Å²) < 4.78 is 27.6. The van der Waals surface area contributed by atoms with Crippen LogP contribution in [0.1, 0.15) is 5.56 Å². The van der Waals surface area contributed by atoms with Crippen molar-refractivity contribution in [3.05, 3.63) is 59.8 Å². The second-order valence-electron chi connectivity index (χ2n) is 4.81. The Morgan fingerprint density at radius 1 is 1.10 bits per heavy atom. The summed E-state index contributed by atoms with van der Waals surface area (Å²) >= 11 is 0. The topological polar surface area (TPSA) is 50.9 Å². The lowest BCUT2D eigenvalue weighted by Crippen LogP contribution is -2.01. The summed E-state index contributed by atoms with van der Waals surface area (Å²) in [6.07, 6.45) is 1.49. The number of pyridine rings is 1. The van der Waals surface area contributed by atoms with E-state index in [2.05, 4.69) is 10.3 Å². The molecule has 0 atom stereocenters. The minimum absolute atomic E-state index is 0.0427. The number of benzene rings is 2. The highest BCUT2D eigenvalue weighted by Crippen LogP contribution is 2.32. The van der Waals surface area contributed by atoms with Crippen LogP contribution in [0.15, 0.2) is 42.6 Å². The van der Waals surface area contributed by atoms with Crippen LogP contribution in [-0.4, -0.2) is 4.98 Å². The van der Waals surface area contributed by atoms with E-state index in [1.54, 1.807) is 0 Å². The average molecular weight is 285 g/mol. The van der Waals surface area contributed by atoms with Gasteiger partial charge < -0.3 is 11.1 Å². The van der Waals surface area contributed by atoms with Crippen molar-refractivity contribution in [2.24, 2.45) is 0 Å². The van der Waals surface area contributed by atoms with E-state index < -0.39 is 11.6 Å². The summed E-state index contributed by atoms with van der Waals surface area (Å²) in [7, 11) is 0. The van der Waals surface area contributed by atoms with Crippen LogP contribution in [0.3, 0.4) is 0 Å². The molecule has 3 N–H and O–H groups in total. The smallest absolute Gasteiger partial charge is 0.147 e. The number of fused-ring (bicyclic) bond motifs is 1. The quantitative estimate of drug-likeness (QED) is 0.743. The molecule has 1 heterocycles. The maximum Gasteiger partial charge on any atom is 0.147 e. The largest absolute Gasteiger partial charge is 0.396 e. The number of nitrogens with one attached hydrogen (secondary N) is 1. The predicted octanol–water partition coefficient (Wildman–Crippen LogP) is 4.15. The van der Waals surface area contributed by atoms with E-state index in [1.807, 2.05) is 24.3 Å². The molecule has 0 fully saturated rings. The third kappa shape index (κ3) is 2.38. The number of rotatable bonds is 2. The number of para-hydroxylation sites is 1. The molecule has 0 aliphatic carbocycles. The van der Waals surface area contributed by atoms with Gasteiger partial charge in [0.25, 0.3) is 0 Å². The first kappa shape index (κ1) is 13.3. The highest BCUT2D eigenvalue weighted by Gasteiger charge is 2.11. The van der Waals surface area contributed by atoms with Gasteiger partial charge in [-0.3, -0.25) is 4.98 Å². The van der Waals surface area contributed by atoms with Crippen molar-refractivity contribution in [1.29, 1.82) is 0 Å². The van der Waals surface area contributed by atoms with Crippen molar-refractivity contribution in [2.75, 3.05) is 11.1 Å². The van der Waals surface area contributed by atoms with Gasteiger partial charge >= 0.3 is 0 Å². The van der Waals surface area contributed by atoms with Gasteiger partial charge in [-0.05, 0) is 24.6 Å².